The van der Waals surface area contributed by atoms with Gasteiger partial charge in [0, 0.05) is 0 Å². The molecule has 0 bridgehead atoms. The van der Waals surface area contributed by atoms with E-state index < -0.39 is 0 Å². The molecule has 0 spiro atoms. The molecule has 0 aliphatic heterocycles. The third kappa shape index (κ3) is 1.65. The molecule has 0 atom stereocenters. The molecule has 0 saturated carbocycles. The fourth-order valence-electron chi connectivity index (χ4n) is 1.06. The van der Waals surface area contributed by atoms with E-state index in [2.05, 4.69) is 24.3 Å². The predicted molar refractivity (Wildman–Crippen MR) is 42.8 cm³/mol. The van der Waals surface area contributed by atoms with Gasteiger partial charge in [0.2, 0.25) is 0 Å². The number of rotatable bonds is 0. The molecule has 0 radical (unpaired) electrons. The van der Waals surface area contributed by atoms with Gasteiger partial charge in [0.1, 0.15) is 0 Å². The Balaban J connectivity index is 0.000000605. The molecule has 48 valence electrons. The molecule has 0 aliphatic rings. The van der Waals surface area contributed by atoms with Gasteiger partial charge in [-0.05, 0) is 0 Å². The first-order valence-electron chi connectivity index (χ1n) is 3.32. The molecule has 0 fully saturated rings. The first kappa shape index (κ1) is 8.39. The topological polar surface area (TPSA) is 0 Å². The third-order valence-electron chi connectivity index (χ3n) is 1.57. The van der Waals surface area contributed by atoms with Crippen LogP contribution >= 0.6 is 0 Å². The quantitative estimate of drug-likeness (QED) is 0.341. The average molecular weight is 134 g/mol. The standard InChI is InChI=1S/C10H7.Li/c1-2-6-10-8-4-3-7-9(10)5-1;/h1-7H;/q-1;+1. The van der Waals surface area contributed by atoms with Gasteiger partial charge in [-0.2, -0.15) is 0 Å². The van der Waals surface area contributed by atoms with Gasteiger partial charge in [-0.15, -0.1) is 47.2 Å². The van der Waals surface area contributed by atoms with Crippen LogP contribution < -0.4 is 18.9 Å². The summed E-state index contributed by atoms with van der Waals surface area (Å²) in [6, 6.07) is 17.4. The first-order valence-corrected chi connectivity index (χ1v) is 3.32. The van der Waals surface area contributed by atoms with E-state index in [1.165, 1.54) is 10.8 Å². The van der Waals surface area contributed by atoms with Crippen LogP contribution in [0.3, 0.4) is 0 Å². The molecule has 0 amide bonds. The van der Waals surface area contributed by atoms with E-state index in [4.69, 9.17) is 0 Å². The molecule has 1 heteroatoms. The Bertz CT molecular complexity index is 276. The van der Waals surface area contributed by atoms with Gasteiger partial charge in [0.25, 0.3) is 0 Å². The second kappa shape index (κ2) is 3.62. The van der Waals surface area contributed by atoms with Gasteiger partial charge in [0.15, 0.2) is 0 Å². The van der Waals surface area contributed by atoms with Crippen molar-refractivity contribution in [1.29, 1.82) is 0 Å². The Morgan fingerprint density at radius 2 is 1.64 bits per heavy atom. The van der Waals surface area contributed by atoms with Crippen LogP contribution in [-0.4, -0.2) is 0 Å². The maximum atomic E-state index is 3.15. The van der Waals surface area contributed by atoms with E-state index >= 15 is 0 Å². The molecule has 0 heterocycles. The van der Waals surface area contributed by atoms with E-state index in [1.54, 1.807) is 0 Å². The van der Waals surface area contributed by atoms with Gasteiger partial charge in [-0.3, -0.25) is 0 Å². The minimum atomic E-state index is 0. The normalized spacial score (nSPS) is 9.09. The van der Waals surface area contributed by atoms with Crippen LogP contribution in [0.15, 0.2) is 42.5 Å². The minimum absolute atomic E-state index is 0. The van der Waals surface area contributed by atoms with E-state index in [0.29, 0.717) is 0 Å². The van der Waals surface area contributed by atoms with Crippen molar-refractivity contribution in [2.24, 2.45) is 0 Å². The predicted octanol–water partition coefficient (Wildman–Crippen LogP) is -0.356. The largest absolute Gasteiger partial charge is 1.00 e. The zero-order chi connectivity index (χ0) is 6.81. The zero-order valence-electron chi connectivity index (χ0n) is 6.54. The van der Waals surface area contributed by atoms with Gasteiger partial charge < -0.3 is 0 Å². The molecule has 0 saturated heterocycles. The molecule has 2 rings (SSSR count). The van der Waals surface area contributed by atoms with Gasteiger partial charge in [0.05, 0.1) is 0 Å². The summed E-state index contributed by atoms with van der Waals surface area (Å²) in [4.78, 5) is 0. The summed E-state index contributed by atoms with van der Waals surface area (Å²) in [5.41, 5.74) is 0. The molecule has 0 N–H and O–H groups in total. The first-order chi connectivity index (χ1) is 4.97. The van der Waals surface area contributed by atoms with Crippen LogP contribution in [-0.2, 0) is 0 Å². The van der Waals surface area contributed by atoms with Crippen LogP contribution in [0, 0.1) is 6.07 Å². The fraction of sp³-hybridized carbons (Fsp3) is 0. The van der Waals surface area contributed by atoms with Crippen LogP contribution in [0.4, 0.5) is 0 Å². The van der Waals surface area contributed by atoms with Gasteiger partial charge >= 0.3 is 18.9 Å². The molecule has 0 nitrogen and oxygen atoms in total. The van der Waals surface area contributed by atoms with Crippen molar-refractivity contribution < 1.29 is 18.9 Å². The number of hydrogen-bond acceptors (Lipinski definition) is 0. The van der Waals surface area contributed by atoms with E-state index in [1.807, 2.05) is 24.3 Å². The summed E-state index contributed by atoms with van der Waals surface area (Å²) in [7, 11) is 0. The Morgan fingerprint density at radius 1 is 0.909 bits per heavy atom. The van der Waals surface area contributed by atoms with E-state index in [-0.39, 0.29) is 18.9 Å². The Morgan fingerprint density at radius 3 is 2.45 bits per heavy atom. The van der Waals surface area contributed by atoms with Crippen LogP contribution in [0.25, 0.3) is 10.8 Å². The molecule has 2 aromatic carbocycles. The van der Waals surface area contributed by atoms with Crippen molar-refractivity contribution >= 4 is 10.8 Å². The van der Waals surface area contributed by atoms with Crippen molar-refractivity contribution in [1.82, 2.24) is 0 Å². The SMILES string of the molecule is [Li+].[c-]1cccc2ccccc12. The summed E-state index contributed by atoms with van der Waals surface area (Å²) >= 11 is 0. The molecular weight excluding hydrogens is 127 g/mol. The second-order valence-electron chi connectivity index (χ2n) is 2.26. The number of hydrogen-bond donors (Lipinski definition) is 0. The zero-order valence-corrected chi connectivity index (χ0v) is 6.54. The monoisotopic (exact) mass is 134 g/mol. The van der Waals surface area contributed by atoms with Crippen molar-refractivity contribution in [2.45, 2.75) is 0 Å². The van der Waals surface area contributed by atoms with Crippen LogP contribution in [0.5, 0.6) is 0 Å². The van der Waals surface area contributed by atoms with Crippen LogP contribution in [0.2, 0.25) is 0 Å². The van der Waals surface area contributed by atoms with Crippen molar-refractivity contribution in [3.63, 3.8) is 0 Å². The molecule has 0 aliphatic carbocycles. The third-order valence-corrected chi connectivity index (χ3v) is 1.57. The van der Waals surface area contributed by atoms with Crippen LogP contribution in [0.1, 0.15) is 0 Å². The van der Waals surface area contributed by atoms with Crippen molar-refractivity contribution in [3.05, 3.63) is 48.5 Å². The number of fused-ring (bicyclic) bond motifs is 1. The molecule has 2 aromatic rings. The Kier molecular flexibility index (Phi) is 2.76. The average Bonchev–Trinajstić information content (AvgIpc) is 2.05. The summed E-state index contributed by atoms with van der Waals surface area (Å²) in [6.45, 7) is 0. The second-order valence-corrected chi connectivity index (χ2v) is 2.26. The Hall–Kier alpha value is -0.703. The van der Waals surface area contributed by atoms with Crippen molar-refractivity contribution in [3.8, 4) is 0 Å². The fourth-order valence-corrected chi connectivity index (χ4v) is 1.06. The minimum Gasteiger partial charge on any atom is -0.147 e. The van der Waals surface area contributed by atoms with E-state index in [9.17, 15) is 0 Å². The summed E-state index contributed by atoms with van der Waals surface area (Å²) < 4.78 is 0. The molecule has 0 aromatic heterocycles. The van der Waals surface area contributed by atoms with Gasteiger partial charge in [-0.25, -0.2) is 0 Å². The summed E-state index contributed by atoms with van der Waals surface area (Å²) in [6.07, 6.45) is 0. The summed E-state index contributed by atoms with van der Waals surface area (Å²) in [5.74, 6) is 0. The van der Waals surface area contributed by atoms with Crippen molar-refractivity contribution in [2.75, 3.05) is 0 Å². The molecule has 0 unspecified atom stereocenters. The molecular formula is C10H7Li. The maximum absolute atomic E-state index is 3.15. The van der Waals surface area contributed by atoms with E-state index in [0.717, 1.165) is 0 Å². The summed E-state index contributed by atoms with van der Waals surface area (Å²) in [5, 5.41) is 2.44. The molecule has 11 heavy (non-hydrogen) atoms. The van der Waals surface area contributed by atoms with Gasteiger partial charge in [-0.1, -0.05) is 12.1 Å². The smallest absolute Gasteiger partial charge is 0.147 e. The number of benzene rings is 2. The Labute approximate surface area is 78.4 Å². The maximum Gasteiger partial charge on any atom is 1.00 e.